The average Bonchev–Trinajstić information content (AvgIpc) is 3.26. The maximum Gasteiger partial charge on any atom is 0.226 e. The maximum atomic E-state index is 13.5. The summed E-state index contributed by atoms with van der Waals surface area (Å²) >= 11 is 0. The first-order chi connectivity index (χ1) is 13.7. The second-order valence-corrected chi connectivity index (χ2v) is 8.61. The van der Waals surface area contributed by atoms with Crippen LogP contribution in [0.1, 0.15) is 31.2 Å². The number of hydrogen-bond donors (Lipinski definition) is 0. The molecule has 0 N–H and O–H groups in total. The molecule has 1 spiro atoms. The van der Waals surface area contributed by atoms with E-state index >= 15 is 0 Å². The van der Waals surface area contributed by atoms with Crippen molar-refractivity contribution in [3.8, 4) is 11.5 Å². The predicted molar refractivity (Wildman–Crippen MR) is 105 cm³/mol. The molecule has 1 aliphatic carbocycles. The van der Waals surface area contributed by atoms with Gasteiger partial charge in [-0.15, -0.1) is 0 Å². The minimum Gasteiger partial charge on any atom is -0.497 e. The molecular weight excluding hydrogens is 356 g/mol. The van der Waals surface area contributed by atoms with Crippen LogP contribution >= 0.6 is 0 Å². The number of nitrogens with zero attached hydrogens (tertiary/aromatic N) is 2. The Balaban J connectivity index is 1.32. The van der Waals surface area contributed by atoms with Gasteiger partial charge in [-0.25, -0.2) is 0 Å². The lowest BCUT2D eigenvalue weighted by Gasteiger charge is -2.34. The Morgan fingerprint density at radius 1 is 1.25 bits per heavy atom. The van der Waals surface area contributed by atoms with E-state index in [1.165, 1.54) is 5.56 Å². The smallest absolute Gasteiger partial charge is 0.226 e. The van der Waals surface area contributed by atoms with E-state index in [2.05, 4.69) is 15.9 Å². The first-order valence-corrected chi connectivity index (χ1v) is 10.6. The number of amides is 1. The summed E-state index contributed by atoms with van der Waals surface area (Å²) in [6, 6.07) is 6.37. The van der Waals surface area contributed by atoms with Gasteiger partial charge in [-0.1, -0.05) is 0 Å². The van der Waals surface area contributed by atoms with Gasteiger partial charge in [0.25, 0.3) is 0 Å². The first-order valence-electron chi connectivity index (χ1n) is 10.6. The maximum absolute atomic E-state index is 13.5. The third-order valence-electron chi connectivity index (χ3n) is 7.14. The Morgan fingerprint density at radius 2 is 2.11 bits per heavy atom. The quantitative estimate of drug-likeness (QED) is 0.793. The van der Waals surface area contributed by atoms with Gasteiger partial charge in [0.05, 0.1) is 26.9 Å². The van der Waals surface area contributed by atoms with Crippen LogP contribution in [0.5, 0.6) is 11.5 Å². The lowest BCUT2D eigenvalue weighted by atomic mass is 9.87. The third kappa shape index (κ3) is 3.07. The van der Waals surface area contributed by atoms with Gasteiger partial charge in [-0.2, -0.15) is 0 Å². The van der Waals surface area contributed by atoms with E-state index in [1.807, 2.05) is 12.1 Å². The molecular formula is C22H30N2O4. The molecule has 4 aliphatic rings. The molecule has 1 aromatic rings. The van der Waals surface area contributed by atoms with Crippen LogP contribution < -0.4 is 9.47 Å². The molecule has 6 heteroatoms. The molecule has 0 unspecified atom stereocenters. The Kier molecular flexibility index (Phi) is 4.71. The SMILES string of the molecule is COc1ccc2c(c1)[C@@]1(CCO2)C[C@@H]1C(=O)N1CCC[C@@H]1CN1CCOCC1. The van der Waals surface area contributed by atoms with Gasteiger partial charge in [0.2, 0.25) is 5.91 Å². The van der Waals surface area contributed by atoms with E-state index in [0.29, 0.717) is 18.6 Å². The number of morpholine rings is 1. The van der Waals surface area contributed by atoms with Gasteiger partial charge in [0.15, 0.2) is 0 Å². The van der Waals surface area contributed by atoms with E-state index in [-0.39, 0.29) is 11.3 Å². The average molecular weight is 386 g/mol. The summed E-state index contributed by atoms with van der Waals surface area (Å²) in [5.74, 6) is 2.21. The van der Waals surface area contributed by atoms with Crippen molar-refractivity contribution in [1.29, 1.82) is 0 Å². The zero-order valence-electron chi connectivity index (χ0n) is 16.7. The second-order valence-electron chi connectivity index (χ2n) is 8.61. The van der Waals surface area contributed by atoms with Crippen molar-refractivity contribution in [2.24, 2.45) is 5.92 Å². The largest absolute Gasteiger partial charge is 0.497 e. The van der Waals surface area contributed by atoms with Crippen LogP contribution in [0, 0.1) is 5.92 Å². The lowest BCUT2D eigenvalue weighted by Crippen LogP contribution is -2.47. The molecule has 28 heavy (non-hydrogen) atoms. The van der Waals surface area contributed by atoms with Gasteiger partial charge in [-0.05, 0) is 43.9 Å². The van der Waals surface area contributed by atoms with Gasteiger partial charge < -0.3 is 19.1 Å². The highest BCUT2D eigenvalue weighted by Gasteiger charge is 2.62. The highest BCUT2D eigenvalue weighted by atomic mass is 16.5. The number of methoxy groups -OCH3 is 1. The standard InChI is InChI=1S/C22H30N2O4/c1-26-17-4-5-20-18(13-17)22(6-10-28-20)14-19(22)21(25)24-7-2-3-16(24)15-23-8-11-27-12-9-23/h4-5,13,16,19H,2-3,6-12,14-15H2,1H3/t16-,19-,22-/m1/s1. The van der Waals surface area contributed by atoms with Crippen molar-refractivity contribution in [1.82, 2.24) is 9.80 Å². The monoisotopic (exact) mass is 386 g/mol. The second kappa shape index (κ2) is 7.23. The van der Waals surface area contributed by atoms with Crippen LogP contribution in [-0.2, 0) is 14.9 Å². The molecule has 3 fully saturated rings. The van der Waals surface area contributed by atoms with Crippen LogP contribution in [0.25, 0.3) is 0 Å². The summed E-state index contributed by atoms with van der Waals surface area (Å²) in [5.41, 5.74) is 1.12. The van der Waals surface area contributed by atoms with Gasteiger partial charge in [-0.3, -0.25) is 9.69 Å². The number of carbonyl (C=O) groups excluding carboxylic acids is 1. The van der Waals surface area contributed by atoms with Crippen molar-refractivity contribution < 1.29 is 19.0 Å². The van der Waals surface area contributed by atoms with E-state index < -0.39 is 0 Å². The molecule has 6 nitrogen and oxygen atoms in total. The molecule has 0 radical (unpaired) electrons. The Bertz CT molecular complexity index is 748. The summed E-state index contributed by atoms with van der Waals surface area (Å²) in [5, 5.41) is 0. The lowest BCUT2D eigenvalue weighted by molar-refractivity contribution is -0.134. The fraction of sp³-hybridized carbons (Fsp3) is 0.682. The molecule has 0 bridgehead atoms. The Hall–Kier alpha value is -1.79. The molecule has 1 aromatic carbocycles. The summed E-state index contributed by atoms with van der Waals surface area (Å²) < 4.78 is 16.8. The van der Waals surface area contributed by atoms with E-state index in [1.54, 1.807) is 7.11 Å². The summed E-state index contributed by atoms with van der Waals surface area (Å²) in [4.78, 5) is 18.1. The number of rotatable bonds is 4. The fourth-order valence-electron chi connectivity index (χ4n) is 5.43. The van der Waals surface area contributed by atoms with Crippen LogP contribution in [0.15, 0.2) is 18.2 Å². The molecule has 3 heterocycles. The molecule has 3 aliphatic heterocycles. The molecule has 1 amide bonds. The molecule has 2 saturated heterocycles. The third-order valence-corrected chi connectivity index (χ3v) is 7.14. The number of ether oxygens (including phenoxy) is 3. The number of hydrogen-bond acceptors (Lipinski definition) is 5. The van der Waals surface area contributed by atoms with Gasteiger partial charge in [0, 0.05) is 49.1 Å². The molecule has 0 aromatic heterocycles. The van der Waals surface area contributed by atoms with Crippen molar-refractivity contribution >= 4 is 5.91 Å². The molecule has 152 valence electrons. The van der Waals surface area contributed by atoms with Gasteiger partial charge in [0.1, 0.15) is 11.5 Å². The zero-order valence-corrected chi connectivity index (χ0v) is 16.7. The molecule has 5 rings (SSSR count). The van der Waals surface area contributed by atoms with Gasteiger partial charge >= 0.3 is 0 Å². The number of fused-ring (bicyclic) bond motifs is 2. The van der Waals surface area contributed by atoms with Crippen molar-refractivity contribution in [2.75, 3.05) is 53.1 Å². The van der Waals surface area contributed by atoms with Crippen LogP contribution in [0.3, 0.4) is 0 Å². The Labute approximate surface area is 166 Å². The van der Waals surface area contributed by atoms with Crippen LogP contribution in [-0.4, -0.2) is 74.9 Å². The number of benzene rings is 1. The predicted octanol–water partition coefficient (Wildman–Crippen LogP) is 2.06. The topological polar surface area (TPSA) is 51.2 Å². The Morgan fingerprint density at radius 3 is 2.93 bits per heavy atom. The van der Waals surface area contributed by atoms with Crippen LogP contribution in [0.4, 0.5) is 0 Å². The summed E-state index contributed by atoms with van der Waals surface area (Å²) in [7, 11) is 1.69. The molecule has 1 saturated carbocycles. The fourth-order valence-corrected chi connectivity index (χ4v) is 5.43. The first kappa shape index (κ1) is 18.3. The number of carbonyl (C=O) groups is 1. The summed E-state index contributed by atoms with van der Waals surface area (Å²) in [6.07, 6.45) is 4.10. The van der Waals surface area contributed by atoms with Crippen LogP contribution in [0.2, 0.25) is 0 Å². The zero-order chi connectivity index (χ0) is 19.1. The van der Waals surface area contributed by atoms with E-state index in [9.17, 15) is 4.79 Å². The van der Waals surface area contributed by atoms with Crippen molar-refractivity contribution in [3.63, 3.8) is 0 Å². The highest BCUT2D eigenvalue weighted by Crippen LogP contribution is 2.62. The number of likely N-dealkylation sites (tertiary alicyclic amines) is 1. The minimum absolute atomic E-state index is 0.0503. The van der Waals surface area contributed by atoms with E-state index in [0.717, 1.165) is 76.6 Å². The minimum atomic E-state index is -0.0503. The van der Waals surface area contributed by atoms with E-state index in [4.69, 9.17) is 14.2 Å². The molecule has 3 atom stereocenters. The van der Waals surface area contributed by atoms with Crippen molar-refractivity contribution in [2.45, 2.75) is 37.1 Å². The van der Waals surface area contributed by atoms with Crippen molar-refractivity contribution in [3.05, 3.63) is 23.8 Å². The summed E-state index contributed by atoms with van der Waals surface area (Å²) in [6.45, 7) is 6.17. The normalized spacial score (nSPS) is 32.1. The highest BCUT2D eigenvalue weighted by molar-refractivity contribution is 5.85.